The largest absolute Gasteiger partial charge is 0.484 e. The predicted octanol–water partition coefficient (Wildman–Crippen LogP) is 4.30. The van der Waals surface area contributed by atoms with Crippen molar-refractivity contribution in [3.05, 3.63) is 54.1 Å². The van der Waals surface area contributed by atoms with Gasteiger partial charge in [-0.1, -0.05) is 24.3 Å². The van der Waals surface area contributed by atoms with Gasteiger partial charge in [0.1, 0.15) is 11.3 Å². The van der Waals surface area contributed by atoms with E-state index in [4.69, 9.17) is 4.42 Å². The Morgan fingerprint density at radius 3 is 2.52 bits per heavy atom. The van der Waals surface area contributed by atoms with Crippen LogP contribution < -0.4 is 15.0 Å². The van der Waals surface area contributed by atoms with Crippen LogP contribution in [-0.4, -0.2) is 36.8 Å². The summed E-state index contributed by atoms with van der Waals surface area (Å²) in [7, 11) is 0. The maximum Gasteiger partial charge on any atom is 0.422 e. The van der Waals surface area contributed by atoms with Gasteiger partial charge in [0, 0.05) is 25.6 Å². The maximum absolute atomic E-state index is 12.5. The summed E-state index contributed by atoms with van der Waals surface area (Å²) in [5.74, 6) is 0.00334. The Kier molecular flexibility index (Phi) is 6.01. The van der Waals surface area contributed by atoms with Crippen LogP contribution in [0.25, 0.3) is 11.1 Å². The van der Waals surface area contributed by atoms with Crippen molar-refractivity contribution in [2.45, 2.75) is 25.6 Å². The fourth-order valence-electron chi connectivity index (χ4n) is 3.53. The van der Waals surface area contributed by atoms with Gasteiger partial charge in [-0.2, -0.15) is 18.2 Å². The number of hydrogen-bond donors (Lipinski definition) is 1. The molecule has 0 spiro atoms. The topological polar surface area (TPSA) is 67.6 Å². The second kappa shape index (κ2) is 8.87. The van der Waals surface area contributed by atoms with Crippen LogP contribution in [0.4, 0.5) is 19.2 Å². The van der Waals surface area contributed by atoms with Gasteiger partial charge < -0.3 is 19.4 Å². The monoisotopic (exact) mass is 433 g/mol. The number of piperidine rings is 1. The molecular formula is C22H22F3N3O3. The molecule has 1 saturated heterocycles. The van der Waals surface area contributed by atoms with Crippen molar-refractivity contribution in [2.24, 2.45) is 5.92 Å². The van der Waals surface area contributed by atoms with Crippen molar-refractivity contribution in [3.8, 4) is 5.75 Å². The summed E-state index contributed by atoms with van der Waals surface area (Å²) in [6, 6.07) is 14.4. The number of nitrogens with zero attached hydrogens (tertiary/aromatic N) is 2. The molecule has 1 aliphatic heterocycles. The molecular weight excluding hydrogens is 411 g/mol. The molecule has 4 rings (SSSR count). The first-order chi connectivity index (χ1) is 14.9. The van der Waals surface area contributed by atoms with Crippen molar-refractivity contribution >= 4 is 23.0 Å². The number of amides is 1. The number of anilines is 1. The predicted molar refractivity (Wildman–Crippen MR) is 109 cm³/mol. The average Bonchev–Trinajstić information content (AvgIpc) is 3.21. The van der Waals surface area contributed by atoms with Gasteiger partial charge >= 0.3 is 6.18 Å². The third kappa shape index (κ3) is 5.48. The molecule has 1 amide bonds. The second-order valence-corrected chi connectivity index (χ2v) is 7.49. The lowest BCUT2D eigenvalue weighted by Crippen LogP contribution is -2.40. The number of nitrogens with one attached hydrogen (secondary N) is 1. The number of oxazole rings is 1. The Balaban J connectivity index is 1.23. The van der Waals surface area contributed by atoms with E-state index in [1.54, 1.807) is 12.1 Å². The molecule has 164 valence electrons. The zero-order chi connectivity index (χ0) is 21.8. The van der Waals surface area contributed by atoms with E-state index in [1.165, 1.54) is 12.1 Å². The number of carbonyl (C=O) groups excluding carboxylic acids is 1. The van der Waals surface area contributed by atoms with E-state index < -0.39 is 12.8 Å². The number of fused-ring (bicyclic) bond motifs is 1. The highest BCUT2D eigenvalue weighted by Gasteiger charge is 2.28. The molecule has 2 heterocycles. The van der Waals surface area contributed by atoms with Crippen molar-refractivity contribution in [1.82, 2.24) is 10.3 Å². The summed E-state index contributed by atoms with van der Waals surface area (Å²) in [4.78, 5) is 19.1. The van der Waals surface area contributed by atoms with Gasteiger partial charge in [0.25, 0.3) is 6.01 Å². The minimum Gasteiger partial charge on any atom is -0.484 e. The van der Waals surface area contributed by atoms with Crippen LogP contribution in [0.15, 0.2) is 52.9 Å². The molecule has 0 radical (unpaired) electrons. The second-order valence-electron chi connectivity index (χ2n) is 7.49. The van der Waals surface area contributed by atoms with E-state index in [-0.39, 0.29) is 17.6 Å². The molecule has 0 unspecified atom stereocenters. The number of ether oxygens (including phenoxy) is 1. The first kappa shape index (κ1) is 21.0. The van der Waals surface area contributed by atoms with E-state index in [2.05, 4.69) is 15.0 Å². The summed E-state index contributed by atoms with van der Waals surface area (Å²) in [5, 5.41) is 2.90. The van der Waals surface area contributed by atoms with E-state index in [0.717, 1.165) is 16.7 Å². The Morgan fingerprint density at radius 1 is 1.13 bits per heavy atom. The molecule has 1 N–H and O–H groups in total. The normalized spacial score (nSPS) is 15.3. The Hall–Kier alpha value is -3.23. The van der Waals surface area contributed by atoms with Crippen LogP contribution >= 0.6 is 0 Å². The van der Waals surface area contributed by atoms with Gasteiger partial charge in [-0.05, 0) is 42.7 Å². The molecule has 31 heavy (non-hydrogen) atoms. The first-order valence-electron chi connectivity index (χ1n) is 10.0. The zero-order valence-corrected chi connectivity index (χ0v) is 16.7. The third-order valence-corrected chi connectivity index (χ3v) is 5.21. The first-order valence-corrected chi connectivity index (χ1v) is 10.0. The molecule has 1 fully saturated rings. The van der Waals surface area contributed by atoms with Crippen LogP contribution in [0.2, 0.25) is 0 Å². The molecule has 0 atom stereocenters. The average molecular weight is 433 g/mol. The van der Waals surface area contributed by atoms with Crippen LogP contribution in [0.5, 0.6) is 5.75 Å². The van der Waals surface area contributed by atoms with E-state index in [0.29, 0.717) is 38.5 Å². The lowest BCUT2D eigenvalue weighted by Gasteiger charge is -2.30. The summed E-state index contributed by atoms with van der Waals surface area (Å²) in [5.41, 5.74) is 2.34. The van der Waals surface area contributed by atoms with Gasteiger partial charge in [-0.25, -0.2) is 0 Å². The quantitative estimate of drug-likeness (QED) is 0.628. The lowest BCUT2D eigenvalue weighted by atomic mass is 9.96. The number of aromatic nitrogens is 1. The summed E-state index contributed by atoms with van der Waals surface area (Å²) < 4.78 is 47.1. The van der Waals surface area contributed by atoms with Crippen molar-refractivity contribution in [3.63, 3.8) is 0 Å². The standard InChI is InChI=1S/C22H22F3N3O3/c23-22(24,25)14-30-17-7-5-15(6-8-17)13-26-20(29)16-9-11-28(12-10-16)21-27-18-3-1-2-4-19(18)31-21/h1-8,16H,9-14H2,(H,26,29). The number of hydrogen-bond acceptors (Lipinski definition) is 5. The highest BCUT2D eigenvalue weighted by Crippen LogP contribution is 2.26. The smallest absolute Gasteiger partial charge is 0.422 e. The Bertz CT molecular complexity index is 993. The van der Waals surface area contributed by atoms with E-state index >= 15 is 0 Å². The van der Waals surface area contributed by atoms with Crippen LogP contribution in [0.1, 0.15) is 18.4 Å². The zero-order valence-electron chi connectivity index (χ0n) is 16.7. The molecule has 6 nitrogen and oxygen atoms in total. The Labute approximate surface area is 177 Å². The van der Waals surface area contributed by atoms with E-state index in [1.807, 2.05) is 29.2 Å². The number of carbonyl (C=O) groups is 1. The molecule has 3 aromatic rings. The molecule has 0 bridgehead atoms. The van der Waals surface area contributed by atoms with Crippen LogP contribution in [0.3, 0.4) is 0 Å². The van der Waals surface area contributed by atoms with Gasteiger partial charge in [0.2, 0.25) is 5.91 Å². The molecule has 9 heteroatoms. The lowest BCUT2D eigenvalue weighted by molar-refractivity contribution is -0.153. The van der Waals surface area contributed by atoms with Crippen molar-refractivity contribution < 1.29 is 27.1 Å². The van der Waals surface area contributed by atoms with Gasteiger partial charge in [0.15, 0.2) is 12.2 Å². The number of alkyl halides is 3. The number of rotatable bonds is 6. The molecule has 0 aliphatic carbocycles. The molecule has 0 saturated carbocycles. The highest BCUT2D eigenvalue weighted by molar-refractivity contribution is 5.79. The van der Waals surface area contributed by atoms with Gasteiger partial charge in [-0.3, -0.25) is 4.79 Å². The highest BCUT2D eigenvalue weighted by atomic mass is 19.4. The summed E-state index contributed by atoms with van der Waals surface area (Å²) in [6.07, 6.45) is -2.99. The third-order valence-electron chi connectivity index (χ3n) is 5.21. The fourth-order valence-corrected chi connectivity index (χ4v) is 3.53. The summed E-state index contributed by atoms with van der Waals surface area (Å²) in [6.45, 7) is 0.335. The number of benzene rings is 2. The minimum absolute atomic E-state index is 0.0328. The van der Waals surface area contributed by atoms with E-state index in [9.17, 15) is 18.0 Å². The van der Waals surface area contributed by atoms with Crippen molar-refractivity contribution in [2.75, 3.05) is 24.6 Å². The molecule has 1 aliphatic rings. The summed E-state index contributed by atoms with van der Waals surface area (Å²) >= 11 is 0. The van der Waals surface area contributed by atoms with Crippen LogP contribution in [0, 0.1) is 5.92 Å². The van der Waals surface area contributed by atoms with Crippen molar-refractivity contribution in [1.29, 1.82) is 0 Å². The molecule has 2 aromatic carbocycles. The van der Waals surface area contributed by atoms with Gasteiger partial charge in [0.05, 0.1) is 0 Å². The van der Waals surface area contributed by atoms with Gasteiger partial charge in [-0.15, -0.1) is 0 Å². The number of para-hydroxylation sites is 2. The fraction of sp³-hybridized carbons (Fsp3) is 0.364. The molecule has 1 aromatic heterocycles. The SMILES string of the molecule is O=C(NCc1ccc(OCC(F)(F)F)cc1)C1CCN(c2nc3ccccc3o2)CC1. The minimum atomic E-state index is -4.37. The number of halogens is 3. The van der Waals surface area contributed by atoms with Crippen LogP contribution in [-0.2, 0) is 11.3 Å². The maximum atomic E-state index is 12.5. The Morgan fingerprint density at radius 2 is 1.84 bits per heavy atom.